The van der Waals surface area contributed by atoms with Crippen LogP contribution in [0.3, 0.4) is 0 Å². The number of nitrogens with one attached hydrogen (secondary N) is 1. The SMILES string of the molecule is CC(=O)Nc1ccc(C2(c3c(O)cc(O)cc3O)C=CC(=O)O2)cc1[N+](=O)[O-]. The van der Waals surface area contributed by atoms with Crippen LogP contribution in [0, 0.1) is 10.1 Å². The van der Waals surface area contributed by atoms with Gasteiger partial charge >= 0.3 is 5.97 Å². The van der Waals surface area contributed by atoms with E-state index < -0.39 is 45.3 Å². The molecule has 0 saturated carbocycles. The molecule has 3 rings (SSSR count). The number of amides is 1. The minimum absolute atomic E-state index is 0.0340. The summed E-state index contributed by atoms with van der Waals surface area (Å²) in [6.07, 6.45) is 2.26. The molecular formula is C18H14N2O8. The average Bonchev–Trinajstić information content (AvgIpc) is 2.96. The van der Waals surface area contributed by atoms with Crippen LogP contribution in [0.1, 0.15) is 18.1 Å². The van der Waals surface area contributed by atoms with E-state index in [2.05, 4.69) is 5.32 Å². The van der Waals surface area contributed by atoms with Crippen molar-refractivity contribution >= 4 is 23.3 Å². The molecule has 2 aromatic rings. The zero-order chi connectivity index (χ0) is 20.6. The van der Waals surface area contributed by atoms with Gasteiger partial charge in [-0.25, -0.2) is 4.79 Å². The summed E-state index contributed by atoms with van der Waals surface area (Å²) in [4.78, 5) is 33.8. The molecule has 1 unspecified atom stereocenters. The molecule has 0 aromatic heterocycles. The minimum Gasteiger partial charge on any atom is -0.508 e. The number of hydrogen-bond acceptors (Lipinski definition) is 8. The molecule has 0 spiro atoms. The molecule has 10 nitrogen and oxygen atoms in total. The topological polar surface area (TPSA) is 159 Å². The molecule has 1 aliphatic rings. The predicted octanol–water partition coefficient (Wildman–Crippen LogP) is 2.03. The second-order valence-electron chi connectivity index (χ2n) is 6.02. The Balaban J connectivity index is 2.27. The van der Waals surface area contributed by atoms with E-state index >= 15 is 0 Å². The van der Waals surface area contributed by atoms with E-state index in [0.29, 0.717) is 0 Å². The smallest absolute Gasteiger partial charge is 0.332 e. The summed E-state index contributed by atoms with van der Waals surface area (Å²) >= 11 is 0. The number of ether oxygens (including phenoxy) is 1. The van der Waals surface area contributed by atoms with Crippen LogP contribution in [0.5, 0.6) is 17.2 Å². The Hall–Kier alpha value is -4.08. The van der Waals surface area contributed by atoms with E-state index in [4.69, 9.17) is 4.74 Å². The number of phenols is 3. The third kappa shape index (κ3) is 3.07. The number of nitro benzene ring substituents is 1. The van der Waals surface area contributed by atoms with Gasteiger partial charge in [-0.3, -0.25) is 14.9 Å². The zero-order valence-electron chi connectivity index (χ0n) is 14.4. The molecule has 0 fully saturated rings. The van der Waals surface area contributed by atoms with Gasteiger partial charge in [-0.05, 0) is 12.1 Å². The number of nitro groups is 1. The summed E-state index contributed by atoms with van der Waals surface area (Å²) in [6.45, 7) is 1.19. The molecular weight excluding hydrogens is 372 g/mol. The lowest BCUT2D eigenvalue weighted by atomic mass is 9.84. The lowest BCUT2D eigenvalue weighted by Gasteiger charge is -2.29. The molecule has 0 bridgehead atoms. The fourth-order valence-corrected chi connectivity index (χ4v) is 3.03. The highest BCUT2D eigenvalue weighted by Gasteiger charge is 2.45. The number of esters is 1. The standard InChI is InChI=1S/C18H14N2O8/c1-9(21)19-12-3-2-10(6-13(12)20(26)27)18(5-4-16(25)28-18)17-14(23)7-11(22)8-15(17)24/h2-8,22-24H,1H3,(H,19,21). The Bertz CT molecular complexity index is 1020. The molecule has 4 N–H and O–H groups in total. The number of rotatable bonds is 4. The first-order chi connectivity index (χ1) is 13.1. The maximum absolute atomic E-state index is 11.8. The van der Waals surface area contributed by atoms with Gasteiger partial charge in [0, 0.05) is 36.8 Å². The van der Waals surface area contributed by atoms with Gasteiger partial charge in [0.25, 0.3) is 5.69 Å². The van der Waals surface area contributed by atoms with Gasteiger partial charge in [0.2, 0.25) is 5.91 Å². The summed E-state index contributed by atoms with van der Waals surface area (Å²) in [5, 5.41) is 43.8. The van der Waals surface area contributed by atoms with Gasteiger partial charge in [0.1, 0.15) is 22.9 Å². The highest BCUT2D eigenvalue weighted by molar-refractivity contribution is 5.92. The zero-order valence-corrected chi connectivity index (χ0v) is 14.4. The van der Waals surface area contributed by atoms with E-state index in [1.807, 2.05) is 0 Å². The third-order valence-corrected chi connectivity index (χ3v) is 4.10. The maximum atomic E-state index is 11.8. The lowest BCUT2D eigenvalue weighted by molar-refractivity contribution is -0.384. The molecule has 1 atom stereocenters. The highest BCUT2D eigenvalue weighted by Crippen LogP contribution is 2.49. The average molecular weight is 386 g/mol. The molecule has 28 heavy (non-hydrogen) atoms. The number of cyclic esters (lactones) is 1. The molecule has 10 heteroatoms. The number of anilines is 1. The fourth-order valence-electron chi connectivity index (χ4n) is 3.03. The van der Waals surface area contributed by atoms with Crippen molar-refractivity contribution in [2.75, 3.05) is 5.32 Å². The van der Waals surface area contributed by atoms with Crippen molar-refractivity contribution in [3.05, 3.63) is 63.7 Å². The number of hydrogen-bond donors (Lipinski definition) is 4. The van der Waals surface area contributed by atoms with Crippen molar-refractivity contribution in [2.24, 2.45) is 0 Å². The van der Waals surface area contributed by atoms with Crippen molar-refractivity contribution in [3.8, 4) is 17.2 Å². The second-order valence-corrected chi connectivity index (χ2v) is 6.02. The van der Waals surface area contributed by atoms with Crippen LogP contribution in [0.25, 0.3) is 0 Å². The van der Waals surface area contributed by atoms with Crippen LogP contribution < -0.4 is 5.32 Å². The second kappa shape index (κ2) is 6.58. The monoisotopic (exact) mass is 386 g/mol. The molecule has 0 aliphatic carbocycles. The highest BCUT2D eigenvalue weighted by atomic mass is 16.6. The maximum Gasteiger partial charge on any atom is 0.332 e. The Morgan fingerprint density at radius 3 is 2.32 bits per heavy atom. The third-order valence-electron chi connectivity index (χ3n) is 4.10. The molecule has 1 aliphatic heterocycles. The fraction of sp³-hybridized carbons (Fsp3) is 0.111. The molecule has 2 aromatic carbocycles. The molecule has 1 amide bonds. The van der Waals surface area contributed by atoms with E-state index in [9.17, 15) is 35.0 Å². The quantitative estimate of drug-likeness (QED) is 0.353. The molecule has 1 heterocycles. The number of aromatic hydroxyl groups is 3. The van der Waals surface area contributed by atoms with E-state index in [0.717, 1.165) is 24.3 Å². The molecule has 0 saturated heterocycles. The van der Waals surface area contributed by atoms with E-state index in [-0.39, 0.29) is 16.8 Å². The van der Waals surface area contributed by atoms with Gasteiger partial charge in [-0.1, -0.05) is 6.07 Å². The number of benzene rings is 2. The van der Waals surface area contributed by atoms with Crippen molar-refractivity contribution in [1.82, 2.24) is 0 Å². The van der Waals surface area contributed by atoms with Crippen molar-refractivity contribution in [3.63, 3.8) is 0 Å². The van der Waals surface area contributed by atoms with Crippen molar-refractivity contribution in [2.45, 2.75) is 12.5 Å². The van der Waals surface area contributed by atoms with Gasteiger partial charge in [-0.2, -0.15) is 0 Å². The Morgan fingerprint density at radius 1 is 1.18 bits per heavy atom. The van der Waals surface area contributed by atoms with Gasteiger partial charge in [0.05, 0.1) is 10.5 Å². The first-order valence-corrected chi connectivity index (χ1v) is 7.88. The summed E-state index contributed by atoms with van der Waals surface area (Å²) in [7, 11) is 0. The summed E-state index contributed by atoms with van der Waals surface area (Å²) in [6, 6.07) is 5.49. The van der Waals surface area contributed by atoms with Crippen LogP contribution in [0.15, 0.2) is 42.5 Å². The number of carbonyl (C=O) groups is 2. The van der Waals surface area contributed by atoms with Gasteiger partial charge in [0.15, 0.2) is 5.60 Å². The minimum atomic E-state index is -1.88. The van der Waals surface area contributed by atoms with Crippen molar-refractivity contribution in [1.29, 1.82) is 0 Å². The Labute approximate surface area is 157 Å². The van der Waals surface area contributed by atoms with Crippen LogP contribution in [0.4, 0.5) is 11.4 Å². The van der Waals surface area contributed by atoms with Crippen LogP contribution >= 0.6 is 0 Å². The summed E-state index contributed by atoms with van der Waals surface area (Å²) in [5.74, 6) is -2.95. The number of nitrogens with zero attached hydrogens (tertiary/aromatic N) is 1. The Kier molecular flexibility index (Phi) is 4.39. The van der Waals surface area contributed by atoms with Crippen molar-refractivity contribution < 1.29 is 34.6 Å². The first-order valence-electron chi connectivity index (χ1n) is 7.88. The number of phenolic OH excluding ortho intramolecular Hbond substituents is 3. The van der Waals surface area contributed by atoms with E-state index in [1.165, 1.54) is 25.1 Å². The van der Waals surface area contributed by atoms with Crippen LogP contribution in [0.2, 0.25) is 0 Å². The van der Waals surface area contributed by atoms with E-state index in [1.54, 1.807) is 0 Å². The normalized spacial score (nSPS) is 18.0. The van der Waals surface area contributed by atoms with Crippen LogP contribution in [-0.4, -0.2) is 32.1 Å². The van der Waals surface area contributed by atoms with Gasteiger partial charge in [-0.15, -0.1) is 0 Å². The first kappa shape index (κ1) is 18.7. The number of carbonyl (C=O) groups excluding carboxylic acids is 2. The van der Waals surface area contributed by atoms with Gasteiger partial charge < -0.3 is 25.4 Å². The van der Waals surface area contributed by atoms with Crippen LogP contribution in [-0.2, 0) is 19.9 Å². The largest absolute Gasteiger partial charge is 0.508 e. The molecule has 144 valence electrons. The molecule has 0 radical (unpaired) electrons. The summed E-state index contributed by atoms with van der Waals surface area (Å²) < 4.78 is 5.32. The summed E-state index contributed by atoms with van der Waals surface area (Å²) in [5.41, 5.74) is -2.69. The predicted molar refractivity (Wildman–Crippen MR) is 94.8 cm³/mol. The lowest BCUT2D eigenvalue weighted by Crippen LogP contribution is -2.27. The Morgan fingerprint density at radius 2 is 1.82 bits per heavy atom.